The zero-order valence-corrected chi connectivity index (χ0v) is 14.2. The molecule has 0 saturated carbocycles. The maximum atomic E-state index is 11.8. The van der Waals surface area contributed by atoms with E-state index in [0.717, 1.165) is 19.3 Å². The predicted molar refractivity (Wildman–Crippen MR) is 84.2 cm³/mol. The summed E-state index contributed by atoms with van der Waals surface area (Å²) in [6.07, 6.45) is 4.38. The normalized spacial score (nSPS) is 16.6. The summed E-state index contributed by atoms with van der Waals surface area (Å²) in [6.45, 7) is 8.65. The molecule has 120 valence electrons. The molecule has 0 rings (SSSR count). The summed E-state index contributed by atoms with van der Waals surface area (Å²) in [5.74, 6) is -0.121. The highest BCUT2D eigenvalue weighted by molar-refractivity contribution is 7.92. The van der Waals surface area contributed by atoms with Crippen molar-refractivity contribution in [2.75, 3.05) is 26.0 Å². The van der Waals surface area contributed by atoms with E-state index in [9.17, 15) is 9.35 Å². The van der Waals surface area contributed by atoms with Crippen molar-refractivity contribution >= 4 is 17.1 Å². The smallest absolute Gasteiger partial charge is 0.239 e. The van der Waals surface area contributed by atoms with Crippen molar-refractivity contribution in [2.45, 2.75) is 57.2 Å². The van der Waals surface area contributed by atoms with E-state index in [1.807, 2.05) is 20.8 Å². The summed E-state index contributed by atoms with van der Waals surface area (Å²) in [5, 5.41) is 14.6. The van der Waals surface area contributed by atoms with Gasteiger partial charge in [0.15, 0.2) is 0 Å². The van der Waals surface area contributed by atoms with Crippen LogP contribution < -0.4 is 10.6 Å². The van der Waals surface area contributed by atoms with E-state index in [1.165, 1.54) is 0 Å². The van der Waals surface area contributed by atoms with Crippen molar-refractivity contribution in [2.24, 2.45) is 0 Å². The summed E-state index contributed by atoms with van der Waals surface area (Å²) in [6, 6.07) is 0. The number of carbonyl (C=O) groups excluding carboxylic acids is 1. The predicted octanol–water partition coefficient (Wildman–Crippen LogP) is 0.791. The Labute approximate surface area is 126 Å². The van der Waals surface area contributed by atoms with E-state index in [4.69, 9.17) is 5.11 Å². The molecule has 0 aliphatic carbocycles. The van der Waals surface area contributed by atoms with Gasteiger partial charge >= 0.3 is 0 Å². The first-order valence-electron chi connectivity index (χ1n) is 7.17. The van der Waals surface area contributed by atoms with E-state index in [-0.39, 0.29) is 23.8 Å². The van der Waals surface area contributed by atoms with E-state index in [2.05, 4.69) is 17.6 Å². The number of hydrogen-bond acceptors (Lipinski definition) is 4. The van der Waals surface area contributed by atoms with Gasteiger partial charge in [0, 0.05) is 6.54 Å². The van der Waals surface area contributed by atoms with Crippen molar-refractivity contribution in [3.05, 3.63) is 0 Å². The van der Waals surface area contributed by atoms with Crippen molar-refractivity contribution in [3.8, 4) is 0 Å². The minimum Gasteiger partial charge on any atom is -0.616 e. The average Bonchev–Trinajstić information content (AvgIpc) is 2.40. The van der Waals surface area contributed by atoms with Crippen LogP contribution in [0.5, 0.6) is 0 Å². The summed E-state index contributed by atoms with van der Waals surface area (Å²) in [5.41, 5.74) is -0.664. The van der Waals surface area contributed by atoms with Gasteiger partial charge in [-0.2, -0.15) is 0 Å². The van der Waals surface area contributed by atoms with Crippen molar-refractivity contribution in [3.63, 3.8) is 0 Å². The van der Waals surface area contributed by atoms with E-state index >= 15 is 0 Å². The van der Waals surface area contributed by atoms with Crippen molar-refractivity contribution in [1.82, 2.24) is 10.6 Å². The highest BCUT2D eigenvalue weighted by Gasteiger charge is 2.32. The monoisotopic (exact) mass is 306 g/mol. The molecule has 0 heterocycles. The molecule has 2 unspecified atom stereocenters. The molecule has 0 saturated heterocycles. The first kappa shape index (κ1) is 19.7. The second kappa shape index (κ2) is 8.87. The molecule has 0 radical (unpaired) electrons. The third-order valence-corrected chi connectivity index (χ3v) is 5.74. The van der Waals surface area contributed by atoms with Crippen LogP contribution in [0.1, 0.15) is 47.0 Å². The van der Waals surface area contributed by atoms with Crippen LogP contribution in [0.25, 0.3) is 0 Å². The number of aliphatic hydroxyl groups is 1. The Kier molecular flexibility index (Phi) is 8.74. The first-order chi connectivity index (χ1) is 9.19. The third-order valence-electron chi connectivity index (χ3n) is 3.86. The van der Waals surface area contributed by atoms with Crippen molar-refractivity contribution in [1.29, 1.82) is 0 Å². The largest absolute Gasteiger partial charge is 0.616 e. The zero-order chi connectivity index (χ0) is 15.8. The Hall–Kier alpha value is -0.300. The van der Waals surface area contributed by atoms with Gasteiger partial charge in [0.2, 0.25) is 5.91 Å². The molecule has 0 aliphatic heterocycles. The highest BCUT2D eigenvalue weighted by atomic mass is 32.2. The minimum atomic E-state index is -0.842. The topological polar surface area (TPSA) is 84.4 Å². The lowest BCUT2D eigenvalue weighted by Gasteiger charge is -2.30. The molecular weight excluding hydrogens is 276 g/mol. The second-order valence-corrected chi connectivity index (χ2v) is 7.79. The number of aliphatic hydroxyl groups excluding tert-OH is 1. The van der Waals surface area contributed by atoms with Gasteiger partial charge in [0.1, 0.15) is 4.75 Å². The fourth-order valence-corrected chi connectivity index (χ4v) is 2.70. The molecular formula is C14H30N2O3S. The van der Waals surface area contributed by atoms with Crippen LogP contribution in [0.3, 0.4) is 0 Å². The fourth-order valence-electron chi connectivity index (χ4n) is 1.86. The molecule has 0 aromatic rings. The van der Waals surface area contributed by atoms with Gasteiger partial charge in [-0.3, -0.25) is 4.79 Å². The van der Waals surface area contributed by atoms with Crippen LogP contribution in [0.2, 0.25) is 0 Å². The minimum absolute atomic E-state index is 0.0566. The average molecular weight is 306 g/mol. The van der Waals surface area contributed by atoms with E-state index in [1.54, 1.807) is 6.26 Å². The van der Waals surface area contributed by atoms with Gasteiger partial charge in [-0.05, 0) is 46.6 Å². The van der Waals surface area contributed by atoms with Crippen LogP contribution in [0.4, 0.5) is 0 Å². The fraction of sp³-hybridized carbons (Fsp3) is 0.929. The van der Waals surface area contributed by atoms with E-state index in [0.29, 0.717) is 6.54 Å². The van der Waals surface area contributed by atoms with Crippen LogP contribution in [-0.2, 0) is 16.0 Å². The van der Waals surface area contributed by atoms with Gasteiger partial charge in [-0.1, -0.05) is 18.1 Å². The molecule has 5 nitrogen and oxygen atoms in total. The van der Waals surface area contributed by atoms with Gasteiger partial charge in [-0.25, -0.2) is 0 Å². The van der Waals surface area contributed by atoms with Gasteiger partial charge < -0.3 is 20.3 Å². The Bertz CT molecular complexity index is 298. The number of nitrogens with one attached hydrogen (secondary N) is 2. The summed E-state index contributed by atoms with van der Waals surface area (Å²) >= 11 is -0.842. The SMILES string of the molecule is CCC(C)(CCCNC(C)(C)C(=O)NCCO)[S+](C)[O-]. The lowest BCUT2D eigenvalue weighted by Crippen LogP contribution is -2.53. The Balaban J connectivity index is 4.13. The molecule has 0 aliphatic rings. The maximum Gasteiger partial charge on any atom is 0.239 e. The number of amides is 1. The molecule has 20 heavy (non-hydrogen) atoms. The summed E-state index contributed by atoms with van der Waals surface area (Å²) in [7, 11) is 0. The lowest BCUT2D eigenvalue weighted by atomic mass is 10.00. The maximum absolute atomic E-state index is 11.8. The molecule has 0 bridgehead atoms. The number of hydrogen-bond donors (Lipinski definition) is 3. The van der Waals surface area contributed by atoms with Crippen LogP contribution in [-0.4, -0.2) is 51.8 Å². The summed E-state index contributed by atoms with van der Waals surface area (Å²) in [4.78, 5) is 11.8. The molecule has 1 amide bonds. The molecule has 0 fully saturated rings. The van der Waals surface area contributed by atoms with Gasteiger partial charge in [-0.15, -0.1) is 0 Å². The van der Waals surface area contributed by atoms with Crippen molar-refractivity contribution < 1.29 is 14.5 Å². The number of carbonyl (C=O) groups is 1. The second-order valence-electron chi connectivity index (χ2n) is 5.89. The van der Waals surface area contributed by atoms with Crippen LogP contribution in [0.15, 0.2) is 0 Å². The molecule has 3 N–H and O–H groups in total. The zero-order valence-electron chi connectivity index (χ0n) is 13.4. The molecule has 0 aromatic heterocycles. The quantitative estimate of drug-likeness (QED) is 0.411. The lowest BCUT2D eigenvalue weighted by molar-refractivity contribution is -0.126. The molecule has 2 atom stereocenters. The standard InChI is InChI=1S/C14H30N2O3S/c1-6-14(4,20(5)19)8-7-9-16-13(2,3)12(18)15-10-11-17/h16-17H,6-11H2,1-5H3,(H,15,18). The van der Waals surface area contributed by atoms with Gasteiger partial charge in [0.05, 0.1) is 18.4 Å². The highest BCUT2D eigenvalue weighted by Crippen LogP contribution is 2.26. The number of rotatable bonds is 10. The van der Waals surface area contributed by atoms with Crippen LogP contribution >= 0.6 is 0 Å². The summed E-state index contributed by atoms with van der Waals surface area (Å²) < 4.78 is 11.6. The Morgan fingerprint density at radius 1 is 1.30 bits per heavy atom. The first-order valence-corrected chi connectivity index (χ1v) is 8.73. The Morgan fingerprint density at radius 3 is 2.35 bits per heavy atom. The Morgan fingerprint density at radius 2 is 1.90 bits per heavy atom. The molecule has 6 heteroatoms. The van der Waals surface area contributed by atoms with Crippen LogP contribution in [0, 0.1) is 0 Å². The van der Waals surface area contributed by atoms with Gasteiger partial charge in [0.25, 0.3) is 0 Å². The third kappa shape index (κ3) is 6.43. The molecule has 0 aromatic carbocycles. The molecule has 0 spiro atoms. The van der Waals surface area contributed by atoms with E-state index < -0.39 is 16.7 Å².